The Labute approximate surface area is 196 Å². The number of aryl methyl sites for hydroxylation is 1. The molecule has 1 aliphatic heterocycles. The summed E-state index contributed by atoms with van der Waals surface area (Å²) in [6, 6.07) is 6.18. The Morgan fingerprint density at radius 1 is 1.21 bits per heavy atom. The highest BCUT2D eigenvalue weighted by atomic mass is 19.1. The SMILES string of the molecule is CC(=O)C1=CC(c2ncc(F)c(N(C)CC3(C(=O)O)CC3)n2)=NC1CCCc1ccccc1F. The predicted molar refractivity (Wildman–Crippen MR) is 123 cm³/mol. The van der Waals surface area contributed by atoms with E-state index in [2.05, 4.69) is 15.0 Å². The second kappa shape index (κ2) is 9.40. The van der Waals surface area contributed by atoms with Crippen molar-refractivity contribution in [1.82, 2.24) is 9.97 Å². The van der Waals surface area contributed by atoms with Crippen LogP contribution in [0.25, 0.3) is 0 Å². The molecule has 1 saturated carbocycles. The lowest BCUT2D eigenvalue weighted by Crippen LogP contribution is -2.33. The van der Waals surface area contributed by atoms with Crippen molar-refractivity contribution in [2.24, 2.45) is 10.4 Å². The van der Waals surface area contributed by atoms with Gasteiger partial charge in [0.05, 0.1) is 17.7 Å². The first-order chi connectivity index (χ1) is 16.2. The van der Waals surface area contributed by atoms with Crippen molar-refractivity contribution < 1.29 is 23.5 Å². The van der Waals surface area contributed by atoms with Crippen LogP contribution in [-0.2, 0) is 16.0 Å². The third-order valence-corrected chi connectivity index (χ3v) is 6.40. The van der Waals surface area contributed by atoms with Crippen molar-refractivity contribution in [2.75, 3.05) is 18.5 Å². The van der Waals surface area contributed by atoms with E-state index < -0.39 is 23.2 Å². The normalized spacial score (nSPS) is 18.3. The number of hydrogen-bond acceptors (Lipinski definition) is 6. The molecule has 34 heavy (non-hydrogen) atoms. The van der Waals surface area contributed by atoms with Gasteiger partial charge in [-0.25, -0.2) is 18.7 Å². The molecule has 7 nitrogen and oxygen atoms in total. The maximum atomic E-state index is 14.5. The summed E-state index contributed by atoms with van der Waals surface area (Å²) in [6.45, 7) is 1.59. The Bertz CT molecular complexity index is 1190. The Morgan fingerprint density at radius 3 is 2.59 bits per heavy atom. The Kier molecular flexibility index (Phi) is 6.54. The average Bonchev–Trinajstić information content (AvgIpc) is 3.45. The fourth-order valence-electron chi connectivity index (χ4n) is 4.25. The number of Topliss-reactive ketones (excluding diaryl/α,β-unsaturated/α-hetero) is 1. The predicted octanol–water partition coefficient (Wildman–Crippen LogP) is 3.77. The van der Waals surface area contributed by atoms with Crippen LogP contribution in [-0.4, -0.2) is 52.2 Å². The van der Waals surface area contributed by atoms with Crippen molar-refractivity contribution >= 4 is 23.3 Å². The zero-order valence-corrected chi connectivity index (χ0v) is 19.1. The van der Waals surface area contributed by atoms with Crippen LogP contribution in [0.1, 0.15) is 44.0 Å². The molecular formula is C25H26F2N4O3. The van der Waals surface area contributed by atoms with Gasteiger partial charge < -0.3 is 10.0 Å². The molecule has 0 radical (unpaired) electrons. The number of carbonyl (C=O) groups excluding carboxylic acids is 1. The van der Waals surface area contributed by atoms with E-state index in [0.717, 1.165) is 6.20 Å². The number of anilines is 1. The molecule has 0 spiro atoms. The molecule has 0 amide bonds. The van der Waals surface area contributed by atoms with Crippen molar-refractivity contribution in [2.45, 2.75) is 45.1 Å². The Hall–Kier alpha value is -3.49. The number of carbonyl (C=O) groups is 2. The second-order valence-corrected chi connectivity index (χ2v) is 8.98. The van der Waals surface area contributed by atoms with E-state index in [9.17, 15) is 23.5 Å². The summed E-state index contributed by atoms with van der Waals surface area (Å²) in [6.07, 6.45) is 5.42. The summed E-state index contributed by atoms with van der Waals surface area (Å²) in [5.41, 5.74) is 0.619. The van der Waals surface area contributed by atoms with Crippen LogP contribution in [0.2, 0.25) is 0 Å². The molecule has 2 aliphatic rings. The molecule has 1 aliphatic carbocycles. The molecular weight excluding hydrogens is 442 g/mol. The molecule has 1 fully saturated rings. The lowest BCUT2D eigenvalue weighted by atomic mass is 9.98. The van der Waals surface area contributed by atoms with Gasteiger partial charge in [0.2, 0.25) is 0 Å². The van der Waals surface area contributed by atoms with Crippen LogP contribution in [0.15, 0.2) is 47.1 Å². The minimum Gasteiger partial charge on any atom is -0.481 e. The fourth-order valence-corrected chi connectivity index (χ4v) is 4.25. The molecule has 178 valence electrons. The lowest BCUT2D eigenvalue weighted by Gasteiger charge is -2.22. The van der Waals surface area contributed by atoms with E-state index in [-0.39, 0.29) is 29.8 Å². The summed E-state index contributed by atoms with van der Waals surface area (Å²) >= 11 is 0. The molecule has 1 aromatic heterocycles. The standard InChI is InChI=1S/C25H26F2N4O3/c1-15(32)17-12-21(29-20(17)9-5-7-16-6-3-4-8-18(16)26)22-28-13-19(27)23(30-22)31(2)14-25(10-11-25)24(33)34/h3-4,6,8,12-13,20H,5,7,9-11,14H2,1-2H3,(H,33,34). The van der Waals surface area contributed by atoms with Gasteiger partial charge in [0.25, 0.3) is 0 Å². The molecule has 2 heterocycles. The zero-order chi connectivity index (χ0) is 24.5. The Morgan fingerprint density at radius 2 is 1.94 bits per heavy atom. The summed E-state index contributed by atoms with van der Waals surface area (Å²) in [5, 5.41) is 9.43. The van der Waals surface area contributed by atoms with Gasteiger partial charge in [0.15, 0.2) is 23.2 Å². The van der Waals surface area contributed by atoms with Crippen LogP contribution in [0.3, 0.4) is 0 Å². The van der Waals surface area contributed by atoms with Gasteiger partial charge in [-0.05, 0) is 56.7 Å². The van der Waals surface area contributed by atoms with Gasteiger partial charge in [-0.15, -0.1) is 0 Å². The van der Waals surface area contributed by atoms with Gasteiger partial charge >= 0.3 is 5.97 Å². The molecule has 1 atom stereocenters. The van der Waals surface area contributed by atoms with Gasteiger partial charge in [0, 0.05) is 19.2 Å². The summed E-state index contributed by atoms with van der Waals surface area (Å²) < 4.78 is 28.4. The molecule has 4 rings (SSSR count). The molecule has 1 N–H and O–H groups in total. The van der Waals surface area contributed by atoms with E-state index in [1.165, 1.54) is 17.9 Å². The molecule has 0 bridgehead atoms. The maximum Gasteiger partial charge on any atom is 0.311 e. The fraction of sp³-hybridized carbons (Fsp3) is 0.400. The van der Waals surface area contributed by atoms with Crippen molar-refractivity contribution in [1.29, 1.82) is 0 Å². The minimum absolute atomic E-state index is 0.0130. The number of carboxylic acids is 1. The van der Waals surface area contributed by atoms with E-state index in [1.807, 2.05) is 0 Å². The van der Waals surface area contributed by atoms with E-state index in [0.29, 0.717) is 49.0 Å². The zero-order valence-electron chi connectivity index (χ0n) is 19.1. The number of aliphatic imine (C=N–C) groups is 1. The van der Waals surface area contributed by atoms with Crippen LogP contribution in [0, 0.1) is 17.0 Å². The number of allylic oxidation sites excluding steroid dienone is 1. The van der Waals surface area contributed by atoms with Crippen molar-refractivity contribution in [3.63, 3.8) is 0 Å². The smallest absolute Gasteiger partial charge is 0.311 e. The van der Waals surface area contributed by atoms with Gasteiger partial charge in [-0.2, -0.15) is 0 Å². The lowest BCUT2D eigenvalue weighted by molar-refractivity contribution is -0.142. The number of ketones is 1. The number of hydrogen-bond donors (Lipinski definition) is 1. The first kappa shape index (κ1) is 23.7. The van der Waals surface area contributed by atoms with E-state index in [1.54, 1.807) is 31.3 Å². The number of rotatable bonds is 10. The van der Waals surface area contributed by atoms with Gasteiger partial charge in [-0.1, -0.05) is 18.2 Å². The summed E-state index contributed by atoms with van der Waals surface area (Å²) in [7, 11) is 1.59. The minimum atomic E-state index is -0.901. The van der Waals surface area contributed by atoms with Crippen molar-refractivity contribution in [3.05, 3.63) is 65.1 Å². The molecule has 0 saturated heterocycles. The number of aliphatic carboxylic acids is 1. The number of halogens is 2. The third-order valence-electron chi connectivity index (χ3n) is 6.40. The van der Waals surface area contributed by atoms with Crippen molar-refractivity contribution in [3.8, 4) is 0 Å². The monoisotopic (exact) mass is 468 g/mol. The first-order valence-corrected chi connectivity index (χ1v) is 11.2. The highest BCUT2D eigenvalue weighted by Crippen LogP contribution is 2.46. The number of nitrogens with zero attached hydrogens (tertiary/aromatic N) is 4. The second-order valence-electron chi connectivity index (χ2n) is 8.98. The molecule has 9 heteroatoms. The highest BCUT2D eigenvalue weighted by Gasteiger charge is 2.51. The maximum absolute atomic E-state index is 14.5. The number of benzene rings is 1. The summed E-state index contributed by atoms with van der Waals surface area (Å²) in [4.78, 5) is 38.2. The average molecular weight is 469 g/mol. The number of carboxylic acid groups (broad SMARTS) is 1. The van der Waals surface area contributed by atoms with Crippen LogP contribution in [0.5, 0.6) is 0 Å². The van der Waals surface area contributed by atoms with E-state index >= 15 is 0 Å². The molecule has 1 unspecified atom stereocenters. The largest absolute Gasteiger partial charge is 0.481 e. The number of aromatic nitrogens is 2. The Balaban J connectivity index is 1.51. The van der Waals surface area contributed by atoms with Gasteiger partial charge in [-0.3, -0.25) is 14.6 Å². The highest BCUT2D eigenvalue weighted by molar-refractivity contribution is 6.14. The van der Waals surface area contributed by atoms with Crippen LogP contribution in [0.4, 0.5) is 14.6 Å². The topological polar surface area (TPSA) is 95.8 Å². The van der Waals surface area contributed by atoms with Crippen LogP contribution < -0.4 is 4.90 Å². The molecule has 1 aromatic carbocycles. The third kappa shape index (κ3) is 4.88. The van der Waals surface area contributed by atoms with E-state index in [4.69, 9.17) is 0 Å². The summed E-state index contributed by atoms with van der Waals surface area (Å²) in [5.74, 6) is -1.80. The quantitative estimate of drug-likeness (QED) is 0.570. The first-order valence-electron chi connectivity index (χ1n) is 11.2. The molecule has 2 aromatic rings. The van der Waals surface area contributed by atoms with Gasteiger partial charge in [0.1, 0.15) is 11.5 Å². The van der Waals surface area contributed by atoms with Crippen LogP contribution >= 0.6 is 0 Å².